The maximum Gasteiger partial charge on any atom is 0.0682 e. The van der Waals surface area contributed by atoms with Crippen molar-refractivity contribution in [3.63, 3.8) is 0 Å². The molecule has 0 saturated carbocycles. The third-order valence-electron chi connectivity index (χ3n) is 3.70. The first kappa shape index (κ1) is 13.2. The number of nitrogens with zero attached hydrogens (tertiary/aromatic N) is 1. The van der Waals surface area contributed by atoms with Crippen LogP contribution in [-0.2, 0) is 0 Å². The van der Waals surface area contributed by atoms with Gasteiger partial charge in [-0.05, 0) is 19.3 Å². The van der Waals surface area contributed by atoms with E-state index in [1.165, 1.54) is 37.4 Å². The van der Waals surface area contributed by atoms with Crippen LogP contribution in [0.3, 0.4) is 0 Å². The Morgan fingerprint density at radius 2 is 1.15 bits per heavy atom. The number of hydrogen-bond donors (Lipinski definition) is 0. The lowest BCUT2D eigenvalue weighted by molar-refractivity contribution is 0.346. The highest BCUT2D eigenvalue weighted by molar-refractivity contribution is 6.79. The van der Waals surface area contributed by atoms with Crippen molar-refractivity contribution in [3.8, 4) is 0 Å². The van der Waals surface area contributed by atoms with Crippen LogP contribution >= 0.6 is 0 Å². The molecule has 0 fully saturated rings. The van der Waals surface area contributed by atoms with Gasteiger partial charge in [-0.25, -0.2) is 0 Å². The summed E-state index contributed by atoms with van der Waals surface area (Å²) in [6, 6.07) is 4.36. The molecule has 0 N–H and O–H groups in total. The first-order valence-corrected chi connectivity index (χ1v) is 8.73. The van der Waals surface area contributed by atoms with Gasteiger partial charge < -0.3 is 4.90 Å². The number of hydrogen-bond acceptors (Lipinski definition) is 1. The van der Waals surface area contributed by atoms with Gasteiger partial charge in [-0.2, -0.15) is 0 Å². The van der Waals surface area contributed by atoms with Gasteiger partial charge in [0.05, 0.1) is 8.07 Å². The highest BCUT2D eigenvalue weighted by atomic mass is 28.3. The molecule has 13 heavy (non-hydrogen) atoms. The van der Waals surface area contributed by atoms with Crippen LogP contribution in [0.5, 0.6) is 0 Å². The van der Waals surface area contributed by atoms with E-state index < -0.39 is 8.07 Å². The zero-order chi connectivity index (χ0) is 10.3. The zero-order valence-electron chi connectivity index (χ0n) is 10.2. The van der Waals surface area contributed by atoms with Gasteiger partial charge in [-0.15, -0.1) is 0 Å². The molecule has 2 heteroatoms. The van der Waals surface area contributed by atoms with E-state index in [4.69, 9.17) is 0 Å². The molecular formula is C11H27NSi. The summed E-state index contributed by atoms with van der Waals surface area (Å²) in [5, 5.41) is 0. The second kappa shape index (κ2) is 6.60. The molecular weight excluding hydrogens is 174 g/mol. The molecule has 0 amide bonds. The van der Waals surface area contributed by atoms with E-state index in [0.717, 1.165) is 0 Å². The summed E-state index contributed by atoms with van der Waals surface area (Å²) in [7, 11) is -0.896. The Morgan fingerprint density at radius 3 is 1.38 bits per heavy atom. The largest absolute Gasteiger partial charge is 0.307 e. The standard InChI is InChI=1S/C11H27NSi/c1-6-12(7-2)11-13(8-3,9-4)10-5/h6-11H2,1-5H3. The lowest BCUT2D eigenvalue weighted by atomic mass is 10.6. The van der Waals surface area contributed by atoms with Crippen molar-refractivity contribution in [2.45, 2.75) is 52.8 Å². The molecule has 0 aromatic carbocycles. The van der Waals surface area contributed by atoms with Gasteiger partial charge >= 0.3 is 0 Å². The van der Waals surface area contributed by atoms with Gasteiger partial charge in [-0.3, -0.25) is 0 Å². The van der Waals surface area contributed by atoms with Crippen LogP contribution in [0.1, 0.15) is 34.6 Å². The first-order chi connectivity index (χ1) is 6.17. The van der Waals surface area contributed by atoms with E-state index in [1.54, 1.807) is 0 Å². The molecule has 0 aliphatic rings. The molecule has 0 bridgehead atoms. The fraction of sp³-hybridized carbons (Fsp3) is 1.00. The molecule has 0 rings (SSSR count). The van der Waals surface area contributed by atoms with E-state index in [1.807, 2.05) is 0 Å². The van der Waals surface area contributed by atoms with Crippen LogP contribution in [0.2, 0.25) is 18.1 Å². The lowest BCUT2D eigenvalue weighted by Gasteiger charge is -2.33. The van der Waals surface area contributed by atoms with Gasteiger partial charge in [0.2, 0.25) is 0 Å². The minimum absolute atomic E-state index is 0.896. The summed E-state index contributed by atoms with van der Waals surface area (Å²) >= 11 is 0. The summed E-state index contributed by atoms with van der Waals surface area (Å²) in [4.78, 5) is 2.61. The minimum atomic E-state index is -0.896. The van der Waals surface area contributed by atoms with E-state index in [-0.39, 0.29) is 0 Å². The average molecular weight is 201 g/mol. The monoisotopic (exact) mass is 201 g/mol. The summed E-state index contributed by atoms with van der Waals surface area (Å²) in [5.41, 5.74) is 0. The second-order valence-corrected chi connectivity index (χ2v) is 9.46. The smallest absolute Gasteiger partial charge is 0.0682 e. The second-order valence-electron chi connectivity index (χ2n) is 4.02. The Kier molecular flexibility index (Phi) is 6.69. The van der Waals surface area contributed by atoms with E-state index >= 15 is 0 Å². The van der Waals surface area contributed by atoms with Crippen molar-refractivity contribution in [2.24, 2.45) is 0 Å². The Balaban J connectivity index is 4.21. The van der Waals surface area contributed by atoms with Gasteiger partial charge in [0.25, 0.3) is 0 Å². The Bertz CT molecular complexity index is 109. The van der Waals surface area contributed by atoms with Crippen molar-refractivity contribution in [1.29, 1.82) is 0 Å². The third-order valence-corrected chi connectivity index (χ3v) is 9.32. The van der Waals surface area contributed by atoms with Crippen molar-refractivity contribution in [3.05, 3.63) is 0 Å². The lowest BCUT2D eigenvalue weighted by Crippen LogP contribution is -2.45. The molecule has 0 saturated heterocycles. The average Bonchev–Trinajstić information content (AvgIpc) is 2.21. The van der Waals surface area contributed by atoms with Gasteiger partial charge in [0, 0.05) is 0 Å². The maximum atomic E-state index is 2.61. The van der Waals surface area contributed by atoms with Crippen molar-refractivity contribution < 1.29 is 0 Å². The van der Waals surface area contributed by atoms with Gasteiger partial charge in [0.15, 0.2) is 0 Å². The van der Waals surface area contributed by atoms with Crippen LogP contribution in [0.15, 0.2) is 0 Å². The van der Waals surface area contributed by atoms with Crippen molar-refractivity contribution in [2.75, 3.05) is 19.3 Å². The van der Waals surface area contributed by atoms with Crippen molar-refractivity contribution in [1.82, 2.24) is 4.90 Å². The van der Waals surface area contributed by atoms with E-state index in [9.17, 15) is 0 Å². The molecule has 80 valence electrons. The number of rotatable bonds is 7. The fourth-order valence-corrected chi connectivity index (χ4v) is 5.57. The summed E-state index contributed by atoms with van der Waals surface area (Å²) in [6.45, 7) is 14.2. The fourth-order valence-electron chi connectivity index (χ4n) is 2.01. The SMILES string of the molecule is CCN(CC)C[Si](CC)(CC)CC. The Hall–Kier alpha value is 0.177. The molecule has 0 aromatic rings. The molecule has 0 spiro atoms. The van der Waals surface area contributed by atoms with Gasteiger partial charge in [-0.1, -0.05) is 52.8 Å². The molecule has 1 nitrogen and oxygen atoms in total. The molecule has 0 aliphatic heterocycles. The van der Waals surface area contributed by atoms with Crippen LogP contribution in [0, 0.1) is 0 Å². The predicted octanol–water partition coefficient (Wildman–Crippen LogP) is 3.38. The molecule has 0 aliphatic carbocycles. The predicted molar refractivity (Wildman–Crippen MR) is 65.0 cm³/mol. The minimum Gasteiger partial charge on any atom is -0.307 e. The molecule has 0 heterocycles. The Morgan fingerprint density at radius 1 is 0.769 bits per heavy atom. The van der Waals surface area contributed by atoms with Crippen LogP contribution in [-0.4, -0.2) is 32.2 Å². The first-order valence-electron chi connectivity index (χ1n) is 5.90. The quantitative estimate of drug-likeness (QED) is 0.571. The Labute approximate surface area is 85.5 Å². The van der Waals surface area contributed by atoms with Crippen LogP contribution in [0.25, 0.3) is 0 Å². The molecule has 0 atom stereocenters. The molecule has 0 radical (unpaired) electrons. The highest BCUT2D eigenvalue weighted by Gasteiger charge is 2.28. The topological polar surface area (TPSA) is 3.24 Å². The van der Waals surface area contributed by atoms with E-state index in [0.29, 0.717) is 0 Å². The normalized spacial score (nSPS) is 12.5. The summed E-state index contributed by atoms with van der Waals surface area (Å²) in [6.07, 6.45) is 1.42. The van der Waals surface area contributed by atoms with Crippen LogP contribution < -0.4 is 0 Å². The van der Waals surface area contributed by atoms with E-state index in [2.05, 4.69) is 39.5 Å². The third kappa shape index (κ3) is 3.82. The van der Waals surface area contributed by atoms with Gasteiger partial charge in [0.1, 0.15) is 0 Å². The summed E-state index contributed by atoms with van der Waals surface area (Å²) < 4.78 is 0. The maximum absolute atomic E-state index is 2.61. The summed E-state index contributed by atoms with van der Waals surface area (Å²) in [5.74, 6) is 0. The highest BCUT2D eigenvalue weighted by Crippen LogP contribution is 2.21. The molecule has 0 unspecified atom stereocenters. The van der Waals surface area contributed by atoms with Crippen molar-refractivity contribution >= 4 is 8.07 Å². The molecule has 0 aromatic heterocycles. The van der Waals surface area contributed by atoms with Crippen LogP contribution in [0.4, 0.5) is 0 Å². The zero-order valence-corrected chi connectivity index (χ0v) is 11.2.